The van der Waals surface area contributed by atoms with E-state index in [1.54, 1.807) is 0 Å². The van der Waals surface area contributed by atoms with Crippen LogP contribution >= 0.6 is 0 Å². The summed E-state index contributed by atoms with van der Waals surface area (Å²) in [6.07, 6.45) is 6.79. The third kappa shape index (κ3) is 4.87. The second-order valence-corrected chi connectivity index (χ2v) is 5.61. The van der Waals surface area contributed by atoms with Gasteiger partial charge in [0.25, 0.3) is 0 Å². The summed E-state index contributed by atoms with van der Waals surface area (Å²) < 4.78 is 5.48. The number of ether oxygens (including phenoxy) is 1. The monoisotopic (exact) mass is 256 g/mol. The summed E-state index contributed by atoms with van der Waals surface area (Å²) in [6, 6.07) is 1.34. The zero-order chi connectivity index (χ0) is 13.4. The van der Waals surface area contributed by atoms with Crippen LogP contribution in [0.25, 0.3) is 0 Å². The van der Waals surface area contributed by atoms with Crippen LogP contribution < -0.4 is 5.32 Å². The van der Waals surface area contributed by atoms with E-state index in [0.717, 1.165) is 25.7 Å². The largest absolute Gasteiger partial charge is 0.380 e. The third-order valence-corrected chi connectivity index (χ3v) is 4.35. The predicted octanol–water partition coefficient (Wildman–Crippen LogP) is 2.51. The van der Waals surface area contributed by atoms with Crippen LogP contribution in [0.4, 0.5) is 0 Å². The lowest BCUT2D eigenvalue weighted by Crippen LogP contribution is -2.51. The molecule has 1 rings (SSSR count). The molecule has 1 N–H and O–H groups in total. The second kappa shape index (κ2) is 8.89. The van der Waals surface area contributed by atoms with Crippen molar-refractivity contribution in [1.82, 2.24) is 10.2 Å². The van der Waals surface area contributed by atoms with Crippen molar-refractivity contribution in [2.24, 2.45) is 5.92 Å². The molecule has 0 radical (unpaired) electrons. The van der Waals surface area contributed by atoms with E-state index in [1.807, 2.05) is 0 Å². The van der Waals surface area contributed by atoms with Gasteiger partial charge in [0.15, 0.2) is 0 Å². The molecule has 1 fully saturated rings. The van der Waals surface area contributed by atoms with Gasteiger partial charge in [0.05, 0.1) is 6.61 Å². The van der Waals surface area contributed by atoms with Crippen LogP contribution in [0.1, 0.15) is 46.0 Å². The molecular weight excluding hydrogens is 224 g/mol. The number of nitrogens with zero attached hydrogens (tertiary/aromatic N) is 1. The quantitative estimate of drug-likeness (QED) is 0.675. The standard InChI is InChI=1S/C15H32N2O/c1-5-7-13-8-9-14(16-3)15(12-13)17(4)10-11-18-6-2/h13-16H,5-12H2,1-4H3. The fourth-order valence-corrected chi connectivity index (χ4v) is 3.24. The maximum absolute atomic E-state index is 5.48. The van der Waals surface area contributed by atoms with Gasteiger partial charge in [-0.1, -0.05) is 19.8 Å². The fourth-order valence-electron chi connectivity index (χ4n) is 3.24. The molecule has 3 unspecified atom stereocenters. The van der Waals surface area contributed by atoms with Gasteiger partial charge in [-0.2, -0.15) is 0 Å². The van der Waals surface area contributed by atoms with Gasteiger partial charge in [0.1, 0.15) is 0 Å². The molecule has 0 aromatic rings. The summed E-state index contributed by atoms with van der Waals surface area (Å²) in [6.45, 7) is 7.10. The minimum atomic E-state index is 0.657. The van der Waals surface area contributed by atoms with Crippen LogP contribution in [-0.4, -0.2) is 50.8 Å². The van der Waals surface area contributed by atoms with Crippen LogP contribution in [0.2, 0.25) is 0 Å². The van der Waals surface area contributed by atoms with Crippen molar-refractivity contribution in [2.75, 3.05) is 33.9 Å². The Labute approximate surface area is 113 Å². The summed E-state index contributed by atoms with van der Waals surface area (Å²) in [5, 5.41) is 3.51. The lowest BCUT2D eigenvalue weighted by Gasteiger charge is -2.41. The molecule has 0 aromatic heterocycles. The Morgan fingerprint density at radius 1 is 1.28 bits per heavy atom. The Kier molecular flexibility index (Phi) is 7.87. The summed E-state index contributed by atoms with van der Waals surface area (Å²) in [7, 11) is 4.36. The number of hydrogen-bond acceptors (Lipinski definition) is 3. The first-order valence-corrected chi connectivity index (χ1v) is 7.68. The summed E-state index contributed by atoms with van der Waals surface area (Å²) in [5.41, 5.74) is 0. The highest BCUT2D eigenvalue weighted by atomic mass is 16.5. The second-order valence-electron chi connectivity index (χ2n) is 5.61. The molecule has 0 saturated heterocycles. The summed E-state index contributed by atoms with van der Waals surface area (Å²) in [4.78, 5) is 2.50. The number of likely N-dealkylation sites (N-methyl/N-ethyl adjacent to an activating group) is 2. The Balaban J connectivity index is 2.45. The summed E-state index contributed by atoms with van der Waals surface area (Å²) in [5.74, 6) is 0.930. The highest BCUT2D eigenvalue weighted by Crippen LogP contribution is 2.30. The maximum Gasteiger partial charge on any atom is 0.0593 e. The molecule has 1 saturated carbocycles. The van der Waals surface area contributed by atoms with Crippen molar-refractivity contribution < 1.29 is 4.74 Å². The normalized spacial score (nSPS) is 28.8. The minimum absolute atomic E-state index is 0.657. The van der Waals surface area contributed by atoms with E-state index in [4.69, 9.17) is 4.74 Å². The molecule has 18 heavy (non-hydrogen) atoms. The van der Waals surface area contributed by atoms with Gasteiger partial charge >= 0.3 is 0 Å². The van der Waals surface area contributed by atoms with Crippen molar-refractivity contribution in [3.8, 4) is 0 Å². The molecule has 0 spiro atoms. The van der Waals surface area contributed by atoms with Gasteiger partial charge < -0.3 is 10.1 Å². The van der Waals surface area contributed by atoms with E-state index in [1.165, 1.54) is 32.1 Å². The molecule has 0 heterocycles. The number of hydrogen-bond donors (Lipinski definition) is 1. The van der Waals surface area contributed by atoms with E-state index >= 15 is 0 Å². The Hall–Kier alpha value is -0.120. The lowest BCUT2D eigenvalue weighted by atomic mass is 9.79. The van der Waals surface area contributed by atoms with E-state index < -0.39 is 0 Å². The zero-order valence-electron chi connectivity index (χ0n) is 12.7. The molecule has 3 atom stereocenters. The fraction of sp³-hybridized carbons (Fsp3) is 1.00. The zero-order valence-corrected chi connectivity index (χ0v) is 12.7. The van der Waals surface area contributed by atoms with Gasteiger partial charge in [-0.25, -0.2) is 0 Å². The molecule has 1 aliphatic carbocycles. The first-order chi connectivity index (χ1) is 8.72. The van der Waals surface area contributed by atoms with Crippen LogP contribution in [0.15, 0.2) is 0 Å². The highest BCUT2D eigenvalue weighted by molar-refractivity contribution is 4.89. The topological polar surface area (TPSA) is 24.5 Å². The van der Waals surface area contributed by atoms with Crippen LogP contribution in [0.3, 0.4) is 0 Å². The summed E-state index contributed by atoms with van der Waals surface area (Å²) >= 11 is 0. The molecule has 1 aliphatic rings. The van der Waals surface area contributed by atoms with Gasteiger partial charge in [-0.15, -0.1) is 0 Å². The van der Waals surface area contributed by atoms with Crippen LogP contribution in [0.5, 0.6) is 0 Å². The van der Waals surface area contributed by atoms with E-state index in [0.29, 0.717) is 12.1 Å². The Morgan fingerprint density at radius 2 is 2.06 bits per heavy atom. The maximum atomic E-state index is 5.48. The third-order valence-electron chi connectivity index (χ3n) is 4.35. The molecule has 3 heteroatoms. The van der Waals surface area contributed by atoms with Crippen LogP contribution in [0, 0.1) is 5.92 Å². The van der Waals surface area contributed by atoms with Gasteiger partial charge in [-0.3, -0.25) is 4.90 Å². The average Bonchev–Trinajstić information content (AvgIpc) is 2.39. The first-order valence-electron chi connectivity index (χ1n) is 7.68. The van der Waals surface area contributed by atoms with E-state index in [-0.39, 0.29) is 0 Å². The van der Waals surface area contributed by atoms with Crippen molar-refractivity contribution >= 4 is 0 Å². The number of rotatable bonds is 8. The van der Waals surface area contributed by atoms with Crippen molar-refractivity contribution in [2.45, 2.75) is 58.0 Å². The first kappa shape index (κ1) is 15.9. The van der Waals surface area contributed by atoms with Crippen molar-refractivity contribution in [3.63, 3.8) is 0 Å². The molecule has 0 aliphatic heterocycles. The van der Waals surface area contributed by atoms with Gasteiger partial charge in [0.2, 0.25) is 0 Å². The minimum Gasteiger partial charge on any atom is -0.380 e. The molecule has 108 valence electrons. The van der Waals surface area contributed by atoms with Crippen molar-refractivity contribution in [3.05, 3.63) is 0 Å². The average molecular weight is 256 g/mol. The Morgan fingerprint density at radius 3 is 2.67 bits per heavy atom. The Bertz CT molecular complexity index is 211. The molecule has 3 nitrogen and oxygen atoms in total. The van der Waals surface area contributed by atoms with Gasteiger partial charge in [0, 0.05) is 25.2 Å². The lowest BCUT2D eigenvalue weighted by molar-refractivity contribution is 0.0735. The smallest absolute Gasteiger partial charge is 0.0593 e. The number of nitrogens with one attached hydrogen (secondary N) is 1. The van der Waals surface area contributed by atoms with Crippen molar-refractivity contribution in [1.29, 1.82) is 0 Å². The molecular formula is C15H32N2O. The molecule has 0 amide bonds. The predicted molar refractivity (Wildman–Crippen MR) is 78.0 cm³/mol. The highest BCUT2D eigenvalue weighted by Gasteiger charge is 2.31. The van der Waals surface area contributed by atoms with E-state index in [2.05, 4.69) is 38.2 Å². The van der Waals surface area contributed by atoms with Crippen LogP contribution in [-0.2, 0) is 4.74 Å². The van der Waals surface area contributed by atoms with Gasteiger partial charge in [-0.05, 0) is 46.2 Å². The SMILES string of the molecule is CCCC1CCC(NC)C(N(C)CCOCC)C1. The molecule has 0 bridgehead atoms. The molecule has 0 aromatic carbocycles. The van der Waals surface area contributed by atoms with E-state index in [9.17, 15) is 0 Å².